The van der Waals surface area contributed by atoms with E-state index in [-0.39, 0.29) is 12.5 Å². The Morgan fingerprint density at radius 2 is 1.71 bits per heavy atom. The molecule has 0 unspecified atom stereocenters. The minimum Gasteiger partial charge on any atom is -0.484 e. The molecular formula is C26H25ClN4O4. The van der Waals surface area contributed by atoms with E-state index in [2.05, 4.69) is 21.2 Å². The van der Waals surface area contributed by atoms with Crippen molar-refractivity contribution in [3.05, 3.63) is 94.5 Å². The van der Waals surface area contributed by atoms with Crippen LogP contribution < -0.4 is 20.8 Å². The maximum absolute atomic E-state index is 12.0. The van der Waals surface area contributed by atoms with Crippen molar-refractivity contribution in [2.24, 2.45) is 5.10 Å². The first kappa shape index (κ1) is 25.5. The third-order valence-electron chi connectivity index (χ3n) is 4.85. The SMILES string of the molecule is Cc1cc(Cl)ccc1NC(=O)C(=O)N/N=C\c1ccc(OCC(=O)NCCc2ccccc2)cc1. The van der Waals surface area contributed by atoms with E-state index >= 15 is 0 Å². The summed E-state index contributed by atoms with van der Waals surface area (Å²) in [6.45, 7) is 2.20. The normalized spacial score (nSPS) is 10.6. The summed E-state index contributed by atoms with van der Waals surface area (Å²) in [4.78, 5) is 35.9. The van der Waals surface area contributed by atoms with Gasteiger partial charge in [0.25, 0.3) is 5.91 Å². The van der Waals surface area contributed by atoms with Crippen LogP contribution >= 0.6 is 11.6 Å². The van der Waals surface area contributed by atoms with Crippen molar-refractivity contribution in [1.29, 1.82) is 0 Å². The maximum atomic E-state index is 12.0. The summed E-state index contributed by atoms with van der Waals surface area (Å²) in [7, 11) is 0. The number of halogens is 1. The van der Waals surface area contributed by atoms with Gasteiger partial charge in [-0.15, -0.1) is 0 Å². The smallest absolute Gasteiger partial charge is 0.329 e. The van der Waals surface area contributed by atoms with Gasteiger partial charge in [-0.05, 0) is 72.5 Å². The number of hydrogen-bond acceptors (Lipinski definition) is 5. The second-order valence-corrected chi connectivity index (χ2v) is 7.99. The van der Waals surface area contributed by atoms with Crippen molar-refractivity contribution in [3.63, 3.8) is 0 Å². The van der Waals surface area contributed by atoms with Crippen LogP contribution in [-0.2, 0) is 20.8 Å². The van der Waals surface area contributed by atoms with Crippen LogP contribution in [0, 0.1) is 6.92 Å². The van der Waals surface area contributed by atoms with Crippen molar-refractivity contribution >= 4 is 41.2 Å². The Kier molecular flexibility index (Phi) is 9.39. The summed E-state index contributed by atoms with van der Waals surface area (Å²) in [5.41, 5.74) is 5.21. The third-order valence-corrected chi connectivity index (χ3v) is 5.09. The van der Waals surface area contributed by atoms with Crippen molar-refractivity contribution < 1.29 is 19.1 Å². The lowest BCUT2D eigenvalue weighted by molar-refractivity contribution is -0.136. The second kappa shape index (κ2) is 12.9. The summed E-state index contributed by atoms with van der Waals surface area (Å²) in [5, 5.41) is 9.65. The van der Waals surface area contributed by atoms with Gasteiger partial charge in [0.15, 0.2) is 6.61 Å². The lowest BCUT2D eigenvalue weighted by atomic mass is 10.1. The number of benzene rings is 3. The zero-order valence-corrected chi connectivity index (χ0v) is 19.8. The van der Waals surface area contributed by atoms with Crippen LogP contribution in [0.1, 0.15) is 16.7 Å². The molecule has 0 fully saturated rings. The Labute approximate surface area is 208 Å². The molecule has 8 nitrogen and oxygen atoms in total. The molecule has 0 saturated heterocycles. The van der Waals surface area contributed by atoms with E-state index in [1.807, 2.05) is 30.3 Å². The minimum absolute atomic E-state index is 0.0967. The summed E-state index contributed by atoms with van der Waals surface area (Å²) >= 11 is 5.88. The fourth-order valence-electron chi connectivity index (χ4n) is 3.00. The van der Waals surface area contributed by atoms with Gasteiger partial charge in [-0.2, -0.15) is 5.10 Å². The molecule has 0 heterocycles. The molecule has 3 amide bonds. The Hall–Kier alpha value is -4.17. The van der Waals surface area contributed by atoms with Gasteiger partial charge in [0.05, 0.1) is 6.21 Å². The Bertz CT molecular complexity index is 1200. The number of amides is 3. The van der Waals surface area contributed by atoms with Crippen LogP contribution in [0.4, 0.5) is 5.69 Å². The van der Waals surface area contributed by atoms with Crippen LogP contribution in [0.3, 0.4) is 0 Å². The number of nitrogens with one attached hydrogen (secondary N) is 3. The molecule has 3 aromatic rings. The van der Waals surface area contributed by atoms with Gasteiger partial charge in [-0.25, -0.2) is 5.43 Å². The molecule has 3 rings (SSSR count). The van der Waals surface area contributed by atoms with Gasteiger partial charge in [-0.3, -0.25) is 14.4 Å². The van der Waals surface area contributed by atoms with Crippen molar-refractivity contribution in [2.75, 3.05) is 18.5 Å². The number of anilines is 1. The average Bonchev–Trinajstić information content (AvgIpc) is 2.85. The van der Waals surface area contributed by atoms with E-state index in [9.17, 15) is 14.4 Å². The fourth-order valence-corrected chi connectivity index (χ4v) is 3.23. The molecule has 180 valence electrons. The maximum Gasteiger partial charge on any atom is 0.329 e. The first-order valence-corrected chi connectivity index (χ1v) is 11.2. The monoisotopic (exact) mass is 492 g/mol. The molecule has 0 aromatic heterocycles. The van der Waals surface area contributed by atoms with E-state index in [1.54, 1.807) is 49.4 Å². The molecule has 0 spiro atoms. The number of nitrogens with zero attached hydrogens (tertiary/aromatic N) is 1. The number of ether oxygens (including phenoxy) is 1. The Balaban J connectivity index is 1.38. The molecule has 9 heteroatoms. The molecule has 0 aliphatic heterocycles. The molecular weight excluding hydrogens is 468 g/mol. The van der Waals surface area contributed by atoms with Crippen LogP contribution in [0.2, 0.25) is 5.02 Å². The fraction of sp³-hybridized carbons (Fsp3) is 0.154. The second-order valence-electron chi connectivity index (χ2n) is 7.56. The number of rotatable bonds is 9. The molecule has 3 N–H and O–H groups in total. The lowest BCUT2D eigenvalue weighted by Gasteiger charge is -2.08. The van der Waals surface area contributed by atoms with Crippen molar-refractivity contribution in [1.82, 2.24) is 10.7 Å². The van der Waals surface area contributed by atoms with Crippen molar-refractivity contribution in [3.8, 4) is 5.75 Å². The lowest BCUT2D eigenvalue weighted by Crippen LogP contribution is -2.32. The van der Waals surface area contributed by atoms with E-state index in [1.165, 1.54) is 6.21 Å². The highest BCUT2D eigenvalue weighted by Gasteiger charge is 2.14. The van der Waals surface area contributed by atoms with Crippen molar-refractivity contribution in [2.45, 2.75) is 13.3 Å². The first-order chi connectivity index (χ1) is 16.9. The van der Waals surface area contributed by atoms with Crippen LogP contribution in [-0.4, -0.2) is 37.1 Å². The molecule has 0 aliphatic rings. The van der Waals surface area contributed by atoms with Crippen LogP contribution in [0.25, 0.3) is 0 Å². The molecule has 0 atom stereocenters. The van der Waals surface area contributed by atoms with Gasteiger partial charge in [0, 0.05) is 17.3 Å². The molecule has 3 aromatic carbocycles. The Morgan fingerprint density at radius 1 is 0.971 bits per heavy atom. The largest absolute Gasteiger partial charge is 0.484 e. The predicted molar refractivity (Wildman–Crippen MR) is 136 cm³/mol. The summed E-state index contributed by atoms with van der Waals surface area (Å²) in [6.07, 6.45) is 2.14. The predicted octanol–water partition coefficient (Wildman–Crippen LogP) is 3.47. The zero-order valence-electron chi connectivity index (χ0n) is 19.1. The summed E-state index contributed by atoms with van der Waals surface area (Å²) < 4.78 is 5.49. The van der Waals surface area contributed by atoms with Gasteiger partial charge in [-0.1, -0.05) is 41.9 Å². The molecule has 0 saturated carbocycles. The molecule has 0 aliphatic carbocycles. The van der Waals surface area contributed by atoms with Crippen LogP contribution in [0.15, 0.2) is 77.9 Å². The number of hydrogen-bond donors (Lipinski definition) is 3. The van der Waals surface area contributed by atoms with E-state index in [4.69, 9.17) is 16.3 Å². The van der Waals surface area contributed by atoms with Gasteiger partial charge in [0.1, 0.15) is 5.75 Å². The molecule has 35 heavy (non-hydrogen) atoms. The quantitative estimate of drug-likeness (QED) is 0.241. The minimum atomic E-state index is -0.908. The van der Waals surface area contributed by atoms with E-state index < -0.39 is 11.8 Å². The summed E-state index contributed by atoms with van der Waals surface area (Å²) in [6, 6.07) is 21.6. The highest BCUT2D eigenvalue weighted by molar-refractivity contribution is 6.39. The third kappa shape index (κ3) is 8.60. The highest BCUT2D eigenvalue weighted by Crippen LogP contribution is 2.19. The van der Waals surface area contributed by atoms with Gasteiger partial charge < -0.3 is 15.4 Å². The average molecular weight is 493 g/mol. The molecule has 0 bridgehead atoms. The van der Waals surface area contributed by atoms with Gasteiger partial charge in [0.2, 0.25) is 0 Å². The Morgan fingerprint density at radius 3 is 2.43 bits per heavy atom. The number of aryl methyl sites for hydroxylation is 1. The topological polar surface area (TPSA) is 109 Å². The first-order valence-electron chi connectivity index (χ1n) is 10.8. The number of carbonyl (C=O) groups excluding carboxylic acids is 3. The number of carbonyl (C=O) groups is 3. The van der Waals surface area contributed by atoms with E-state index in [0.717, 1.165) is 17.5 Å². The van der Waals surface area contributed by atoms with Crippen LogP contribution in [0.5, 0.6) is 5.75 Å². The van der Waals surface area contributed by atoms with E-state index in [0.29, 0.717) is 28.6 Å². The summed E-state index contributed by atoms with van der Waals surface area (Å²) in [5.74, 6) is -1.45. The molecule has 0 radical (unpaired) electrons. The number of hydrazone groups is 1. The zero-order chi connectivity index (χ0) is 25.0. The standard InChI is InChI=1S/C26H25ClN4O4/c1-18-15-21(27)9-12-23(18)30-25(33)26(34)31-29-16-20-7-10-22(11-8-20)35-17-24(32)28-14-13-19-5-3-2-4-6-19/h2-12,15-16H,13-14,17H2,1H3,(H,28,32)(H,30,33)(H,31,34)/b29-16-. The highest BCUT2D eigenvalue weighted by atomic mass is 35.5. The van der Waals surface area contributed by atoms with Gasteiger partial charge >= 0.3 is 11.8 Å².